The van der Waals surface area contributed by atoms with Crippen molar-refractivity contribution in [2.24, 2.45) is 0 Å². The van der Waals surface area contributed by atoms with Crippen molar-refractivity contribution in [2.45, 2.75) is 6.61 Å². The molecule has 1 aliphatic rings. The average Bonchev–Trinajstić information content (AvgIpc) is 3.31. The topological polar surface area (TPSA) is 63.9 Å². The first-order valence-electron chi connectivity index (χ1n) is 8.92. The molecule has 1 aliphatic heterocycles. The van der Waals surface area contributed by atoms with Gasteiger partial charge in [-0.05, 0) is 60.7 Å². The van der Waals surface area contributed by atoms with Gasteiger partial charge >= 0.3 is 0 Å². The summed E-state index contributed by atoms with van der Waals surface area (Å²) < 4.78 is 16.6. The zero-order chi connectivity index (χ0) is 20.2. The number of nitrogens with zero attached hydrogens (tertiary/aromatic N) is 1. The quantitative estimate of drug-likeness (QED) is 0.491. The Balaban J connectivity index is 1.43. The van der Waals surface area contributed by atoms with E-state index in [4.69, 9.17) is 26.1 Å². The van der Waals surface area contributed by atoms with E-state index in [9.17, 15) is 4.79 Å². The first-order valence-corrected chi connectivity index (χ1v) is 9.32. The minimum Gasteiger partial charge on any atom is -0.497 e. The van der Waals surface area contributed by atoms with E-state index in [0.717, 1.165) is 5.75 Å². The van der Waals surface area contributed by atoms with Crippen molar-refractivity contribution in [2.75, 3.05) is 12.0 Å². The molecule has 1 amide bonds. The molecule has 29 heavy (non-hydrogen) atoms. The number of methoxy groups -OCH3 is 1. The van der Waals surface area contributed by atoms with Crippen molar-refractivity contribution in [1.29, 1.82) is 0 Å². The second-order valence-corrected chi connectivity index (χ2v) is 6.62. The fraction of sp³-hybridized carbons (Fsp3) is 0.0909. The van der Waals surface area contributed by atoms with Crippen molar-refractivity contribution >= 4 is 35.0 Å². The summed E-state index contributed by atoms with van der Waals surface area (Å²) in [5, 5.41) is 3.28. The van der Waals surface area contributed by atoms with Gasteiger partial charge in [0.1, 0.15) is 35.3 Å². The van der Waals surface area contributed by atoms with E-state index < -0.39 is 0 Å². The molecule has 2 heterocycles. The number of nitrogens with one attached hydrogen (secondary N) is 1. The normalized spacial score (nSPS) is 14.9. The molecule has 1 aromatic heterocycles. The molecule has 6 nitrogen and oxygen atoms in total. The maximum Gasteiger partial charge on any atom is 0.281 e. The first kappa shape index (κ1) is 18.8. The molecule has 146 valence electrons. The van der Waals surface area contributed by atoms with Crippen molar-refractivity contribution in [3.05, 3.63) is 83.9 Å². The molecule has 2 aromatic carbocycles. The predicted octanol–water partition coefficient (Wildman–Crippen LogP) is 4.13. The summed E-state index contributed by atoms with van der Waals surface area (Å²) in [5.41, 5.74) is 1.07. The van der Waals surface area contributed by atoms with Crippen LogP contribution in [0.15, 0.2) is 76.8 Å². The Labute approximate surface area is 173 Å². The number of benzene rings is 2. The van der Waals surface area contributed by atoms with Gasteiger partial charge in [-0.15, -0.1) is 0 Å². The van der Waals surface area contributed by atoms with Gasteiger partial charge in [0.25, 0.3) is 5.91 Å². The number of para-hydroxylation sites is 1. The average molecular weight is 406 g/mol. The molecule has 7 heteroatoms. The Hall–Kier alpha value is -3.58. The minimum absolute atomic E-state index is 0.228. The third-order valence-corrected chi connectivity index (χ3v) is 4.59. The van der Waals surface area contributed by atoms with E-state index in [1.54, 1.807) is 19.3 Å². The highest BCUT2D eigenvalue weighted by Crippen LogP contribution is 2.23. The Bertz CT molecular complexity index is 1060. The Morgan fingerprint density at radius 1 is 1.03 bits per heavy atom. The fourth-order valence-electron chi connectivity index (χ4n) is 2.86. The number of furan rings is 1. The van der Waals surface area contributed by atoms with Crippen LogP contribution in [0.4, 0.5) is 5.69 Å². The number of ether oxygens (including phenoxy) is 2. The van der Waals surface area contributed by atoms with Crippen LogP contribution in [-0.4, -0.2) is 18.1 Å². The number of carbonyl (C=O) groups is 1. The van der Waals surface area contributed by atoms with Gasteiger partial charge in [-0.2, -0.15) is 0 Å². The highest BCUT2D eigenvalue weighted by atomic mass is 32.1. The van der Waals surface area contributed by atoms with Crippen molar-refractivity contribution in [3.8, 4) is 11.5 Å². The molecule has 1 N–H and O–H groups in total. The Morgan fingerprint density at radius 2 is 1.76 bits per heavy atom. The maximum absolute atomic E-state index is 12.7. The standard InChI is InChI=1S/C22H18N2O4S/c1-26-16-7-9-17(10-8-16)27-14-19-12-11-18(28-19)13-20-21(25)24(22(29)23-20)15-5-3-2-4-6-15/h2-13H,14H2,1H3,(H,23,29)/b20-13+. The highest BCUT2D eigenvalue weighted by Gasteiger charge is 2.32. The number of thiocarbonyl (C=S) groups is 1. The highest BCUT2D eigenvalue weighted by molar-refractivity contribution is 7.80. The van der Waals surface area contributed by atoms with E-state index in [1.807, 2.05) is 60.7 Å². The van der Waals surface area contributed by atoms with Crippen molar-refractivity contribution in [1.82, 2.24) is 5.32 Å². The van der Waals surface area contributed by atoms with Gasteiger partial charge in [0.15, 0.2) is 5.11 Å². The van der Waals surface area contributed by atoms with Crippen molar-refractivity contribution < 1.29 is 18.7 Å². The third-order valence-electron chi connectivity index (χ3n) is 4.30. The summed E-state index contributed by atoms with van der Waals surface area (Å²) in [4.78, 5) is 14.2. The maximum atomic E-state index is 12.7. The number of amides is 1. The molecular formula is C22H18N2O4S. The van der Waals surface area contributed by atoms with Crippen LogP contribution in [0.25, 0.3) is 6.08 Å². The molecule has 0 spiro atoms. The molecule has 0 radical (unpaired) electrons. The predicted molar refractivity (Wildman–Crippen MR) is 114 cm³/mol. The molecule has 1 fully saturated rings. The number of rotatable bonds is 6. The van der Waals surface area contributed by atoms with Crippen LogP contribution >= 0.6 is 12.2 Å². The van der Waals surface area contributed by atoms with Gasteiger partial charge in [-0.25, -0.2) is 0 Å². The molecular weight excluding hydrogens is 388 g/mol. The summed E-state index contributed by atoms with van der Waals surface area (Å²) >= 11 is 5.31. The van der Waals surface area contributed by atoms with Crippen LogP contribution in [0.5, 0.6) is 11.5 Å². The summed E-state index contributed by atoms with van der Waals surface area (Å²) in [7, 11) is 1.62. The largest absolute Gasteiger partial charge is 0.497 e. The second-order valence-electron chi connectivity index (χ2n) is 6.23. The molecule has 0 unspecified atom stereocenters. The van der Waals surface area contributed by atoms with Crippen LogP contribution in [-0.2, 0) is 11.4 Å². The zero-order valence-corrected chi connectivity index (χ0v) is 16.4. The molecule has 1 saturated heterocycles. The summed E-state index contributed by atoms with van der Waals surface area (Å²) in [6.07, 6.45) is 1.63. The van der Waals surface area contributed by atoms with Gasteiger partial charge in [0.2, 0.25) is 0 Å². The smallest absolute Gasteiger partial charge is 0.281 e. The number of hydrogen-bond acceptors (Lipinski definition) is 5. The monoisotopic (exact) mass is 406 g/mol. The van der Waals surface area contributed by atoms with Crippen LogP contribution in [0.1, 0.15) is 11.5 Å². The van der Waals surface area contributed by atoms with Gasteiger partial charge in [0.05, 0.1) is 12.8 Å². The fourth-order valence-corrected chi connectivity index (χ4v) is 3.16. The number of carbonyl (C=O) groups excluding carboxylic acids is 1. The molecule has 4 rings (SSSR count). The molecule has 0 bridgehead atoms. The van der Waals surface area contributed by atoms with E-state index in [1.165, 1.54) is 4.90 Å². The summed E-state index contributed by atoms with van der Waals surface area (Å²) in [5.74, 6) is 2.42. The molecule has 0 saturated carbocycles. The molecule has 3 aromatic rings. The van der Waals surface area contributed by atoms with Crippen LogP contribution in [0, 0.1) is 0 Å². The number of hydrogen-bond donors (Lipinski definition) is 1. The Morgan fingerprint density at radius 3 is 2.48 bits per heavy atom. The summed E-state index contributed by atoms with van der Waals surface area (Å²) in [6.45, 7) is 0.269. The second kappa shape index (κ2) is 8.20. The van der Waals surface area contributed by atoms with E-state index in [0.29, 0.717) is 33.8 Å². The van der Waals surface area contributed by atoms with Crippen LogP contribution < -0.4 is 19.7 Å². The van der Waals surface area contributed by atoms with Gasteiger partial charge < -0.3 is 19.2 Å². The van der Waals surface area contributed by atoms with E-state index >= 15 is 0 Å². The lowest BCUT2D eigenvalue weighted by Gasteiger charge is -2.13. The number of anilines is 1. The minimum atomic E-state index is -0.228. The van der Waals surface area contributed by atoms with E-state index in [2.05, 4.69) is 5.32 Å². The van der Waals surface area contributed by atoms with Crippen LogP contribution in [0.3, 0.4) is 0 Å². The lowest BCUT2D eigenvalue weighted by Crippen LogP contribution is -2.30. The third kappa shape index (κ3) is 4.14. The molecule has 0 aliphatic carbocycles. The lowest BCUT2D eigenvalue weighted by atomic mass is 10.3. The van der Waals surface area contributed by atoms with E-state index in [-0.39, 0.29) is 12.5 Å². The van der Waals surface area contributed by atoms with Crippen molar-refractivity contribution in [3.63, 3.8) is 0 Å². The van der Waals surface area contributed by atoms with Gasteiger partial charge in [-0.1, -0.05) is 18.2 Å². The van der Waals surface area contributed by atoms with Gasteiger partial charge in [-0.3, -0.25) is 9.69 Å². The zero-order valence-electron chi connectivity index (χ0n) is 15.6. The SMILES string of the molecule is COc1ccc(OCc2ccc(/C=C3/NC(=S)N(c4ccccc4)C3=O)o2)cc1. The Kier molecular flexibility index (Phi) is 5.31. The lowest BCUT2D eigenvalue weighted by molar-refractivity contribution is -0.113. The summed E-state index contributed by atoms with van der Waals surface area (Å²) in [6, 6.07) is 20.1. The molecule has 0 atom stereocenters. The first-order chi connectivity index (χ1) is 14.1. The van der Waals surface area contributed by atoms with Crippen LogP contribution in [0.2, 0.25) is 0 Å². The van der Waals surface area contributed by atoms with Gasteiger partial charge in [0, 0.05) is 6.08 Å².